The minimum atomic E-state index is -0.353. The third kappa shape index (κ3) is 2.96. The summed E-state index contributed by atoms with van der Waals surface area (Å²) in [6.45, 7) is 3.72. The summed E-state index contributed by atoms with van der Waals surface area (Å²) in [5.74, 6) is 0. The number of alkyl halides is 1. The molecule has 0 fully saturated rings. The molecular weight excluding hydrogens is 201 g/mol. The van der Waals surface area contributed by atoms with Gasteiger partial charge in [-0.05, 0) is 37.0 Å². The summed E-state index contributed by atoms with van der Waals surface area (Å²) >= 11 is 0. The number of hydrogen-bond acceptors (Lipinski definition) is 1. The molecule has 0 amide bonds. The molecule has 0 heterocycles. The van der Waals surface area contributed by atoms with Crippen LogP contribution in [0.4, 0.5) is 4.39 Å². The molecular formula is C11H17ClFN. The van der Waals surface area contributed by atoms with Crippen LogP contribution in [0, 0.1) is 13.8 Å². The van der Waals surface area contributed by atoms with Gasteiger partial charge in [-0.2, -0.15) is 0 Å². The Morgan fingerprint density at radius 3 is 2.57 bits per heavy atom. The fourth-order valence-corrected chi connectivity index (χ4v) is 1.45. The zero-order valence-corrected chi connectivity index (χ0v) is 9.40. The average Bonchev–Trinajstić information content (AvgIpc) is 2.10. The van der Waals surface area contributed by atoms with Crippen molar-refractivity contribution in [1.82, 2.24) is 0 Å². The Morgan fingerprint density at radius 2 is 2.00 bits per heavy atom. The van der Waals surface area contributed by atoms with Crippen molar-refractivity contribution >= 4 is 12.4 Å². The van der Waals surface area contributed by atoms with Crippen LogP contribution < -0.4 is 5.73 Å². The van der Waals surface area contributed by atoms with Gasteiger partial charge in [0.05, 0.1) is 6.67 Å². The molecule has 2 N–H and O–H groups in total. The topological polar surface area (TPSA) is 26.0 Å². The van der Waals surface area contributed by atoms with Crippen molar-refractivity contribution in [1.29, 1.82) is 0 Å². The summed E-state index contributed by atoms with van der Waals surface area (Å²) in [7, 11) is 0. The van der Waals surface area contributed by atoms with Crippen LogP contribution in [0.1, 0.15) is 29.2 Å². The van der Waals surface area contributed by atoms with Gasteiger partial charge < -0.3 is 5.73 Å². The van der Waals surface area contributed by atoms with E-state index < -0.39 is 0 Å². The Kier molecular flexibility index (Phi) is 5.73. The smallest absolute Gasteiger partial charge is 0.0912 e. The third-order valence-electron chi connectivity index (χ3n) is 2.47. The van der Waals surface area contributed by atoms with Crippen LogP contribution in [-0.4, -0.2) is 6.67 Å². The number of nitrogens with two attached hydrogens (primary N) is 1. The predicted molar refractivity (Wildman–Crippen MR) is 60.7 cm³/mol. The van der Waals surface area contributed by atoms with Gasteiger partial charge in [-0.1, -0.05) is 18.2 Å². The highest BCUT2D eigenvalue weighted by atomic mass is 35.5. The molecule has 14 heavy (non-hydrogen) atoms. The Bertz CT molecular complexity index is 289. The normalized spacial score (nSPS) is 12.0. The molecule has 0 spiro atoms. The van der Waals surface area contributed by atoms with Gasteiger partial charge in [0.25, 0.3) is 0 Å². The molecule has 1 rings (SSSR count). The van der Waals surface area contributed by atoms with Gasteiger partial charge in [0.2, 0.25) is 0 Å². The summed E-state index contributed by atoms with van der Waals surface area (Å²) in [6.07, 6.45) is 0.407. The molecule has 0 aliphatic rings. The molecule has 0 unspecified atom stereocenters. The van der Waals surface area contributed by atoms with E-state index in [2.05, 4.69) is 0 Å². The fourth-order valence-electron chi connectivity index (χ4n) is 1.45. The molecule has 80 valence electrons. The highest BCUT2D eigenvalue weighted by molar-refractivity contribution is 5.85. The molecule has 1 aromatic rings. The Labute approximate surface area is 90.9 Å². The predicted octanol–water partition coefficient (Wildman–Crippen LogP) is 3.08. The number of benzene rings is 1. The second-order valence-electron chi connectivity index (χ2n) is 3.37. The maximum atomic E-state index is 12.1. The van der Waals surface area contributed by atoms with Crippen molar-refractivity contribution in [2.75, 3.05) is 6.67 Å². The van der Waals surface area contributed by atoms with Crippen LogP contribution in [0.25, 0.3) is 0 Å². The van der Waals surface area contributed by atoms with Gasteiger partial charge in [0.1, 0.15) is 0 Å². The second-order valence-corrected chi connectivity index (χ2v) is 3.37. The van der Waals surface area contributed by atoms with Crippen LogP contribution >= 0.6 is 12.4 Å². The van der Waals surface area contributed by atoms with E-state index in [-0.39, 0.29) is 25.1 Å². The summed E-state index contributed by atoms with van der Waals surface area (Å²) in [6, 6.07) is 5.82. The maximum Gasteiger partial charge on any atom is 0.0912 e. The lowest BCUT2D eigenvalue weighted by atomic mass is 9.96. The Balaban J connectivity index is 0.00000169. The molecule has 1 atom stereocenters. The third-order valence-corrected chi connectivity index (χ3v) is 2.47. The van der Waals surface area contributed by atoms with E-state index in [1.54, 1.807) is 0 Å². The first-order chi connectivity index (χ1) is 6.16. The van der Waals surface area contributed by atoms with Gasteiger partial charge in [-0.25, -0.2) is 0 Å². The zero-order chi connectivity index (χ0) is 9.84. The molecule has 0 saturated heterocycles. The van der Waals surface area contributed by atoms with Crippen LogP contribution in [-0.2, 0) is 0 Å². The summed E-state index contributed by atoms with van der Waals surface area (Å²) in [5, 5.41) is 0. The van der Waals surface area contributed by atoms with Crippen molar-refractivity contribution in [3.05, 3.63) is 34.9 Å². The van der Waals surface area contributed by atoms with Crippen molar-refractivity contribution in [2.45, 2.75) is 26.3 Å². The van der Waals surface area contributed by atoms with Crippen LogP contribution in [0.5, 0.6) is 0 Å². The standard InChI is InChI=1S/C11H16FN.ClH/c1-8-4-3-5-10(9(8)2)11(13)6-7-12;/h3-5,11H,6-7,13H2,1-2H3;1H/t11-;/m0./s1. The van der Waals surface area contributed by atoms with Gasteiger partial charge in [-0.15, -0.1) is 12.4 Å². The lowest BCUT2D eigenvalue weighted by molar-refractivity contribution is 0.441. The fraction of sp³-hybridized carbons (Fsp3) is 0.455. The van der Waals surface area contributed by atoms with E-state index >= 15 is 0 Å². The van der Waals surface area contributed by atoms with E-state index in [0.717, 1.165) is 5.56 Å². The molecule has 0 radical (unpaired) electrons. The molecule has 0 saturated carbocycles. The lowest BCUT2D eigenvalue weighted by Gasteiger charge is -2.14. The number of aryl methyl sites for hydroxylation is 1. The van der Waals surface area contributed by atoms with Crippen LogP contribution in [0.15, 0.2) is 18.2 Å². The first-order valence-corrected chi connectivity index (χ1v) is 4.54. The van der Waals surface area contributed by atoms with Gasteiger partial charge in [0.15, 0.2) is 0 Å². The highest BCUT2D eigenvalue weighted by Gasteiger charge is 2.08. The monoisotopic (exact) mass is 217 g/mol. The molecule has 0 aromatic heterocycles. The summed E-state index contributed by atoms with van der Waals surface area (Å²) in [4.78, 5) is 0. The van der Waals surface area contributed by atoms with Crippen LogP contribution in [0.3, 0.4) is 0 Å². The van der Waals surface area contributed by atoms with E-state index in [1.807, 2.05) is 32.0 Å². The van der Waals surface area contributed by atoms with Crippen molar-refractivity contribution < 1.29 is 4.39 Å². The largest absolute Gasteiger partial charge is 0.324 e. The number of rotatable bonds is 3. The van der Waals surface area contributed by atoms with Crippen molar-refractivity contribution in [2.24, 2.45) is 5.73 Å². The first-order valence-electron chi connectivity index (χ1n) is 4.54. The first kappa shape index (κ1) is 13.4. The van der Waals surface area contributed by atoms with Gasteiger partial charge in [-0.3, -0.25) is 4.39 Å². The molecule has 1 aromatic carbocycles. The Morgan fingerprint density at radius 1 is 1.36 bits per heavy atom. The van der Waals surface area contributed by atoms with Gasteiger partial charge in [0, 0.05) is 6.04 Å². The molecule has 0 aliphatic carbocycles. The molecule has 0 aliphatic heterocycles. The maximum absolute atomic E-state index is 12.1. The minimum absolute atomic E-state index is 0. The van der Waals surface area contributed by atoms with Crippen molar-refractivity contribution in [3.63, 3.8) is 0 Å². The molecule has 1 nitrogen and oxygen atoms in total. The minimum Gasteiger partial charge on any atom is -0.324 e. The van der Waals surface area contributed by atoms with Crippen LogP contribution in [0.2, 0.25) is 0 Å². The van der Waals surface area contributed by atoms with E-state index in [4.69, 9.17) is 5.73 Å². The van der Waals surface area contributed by atoms with E-state index in [1.165, 1.54) is 11.1 Å². The number of halogens is 2. The summed E-state index contributed by atoms with van der Waals surface area (Å²) in [5.41, 5.74) is 9.30. The van der Waals surface area contributed by atoms with E-state index in [9.17, 15) is 4.39 Å². The lowest BCUT2D eigenvalue weighted by Crippen LogP contribution is -2.12. The molecule has 0 bridgehead atoms. The SMILES string of the molecule is Cc1cccc([C@@H](N)CCF)c1C.Cl. The number of hydrogen-bond donors (Lipinski definition) is 1. The average molecular weight is 218 g/mol. The Hall–Kier alpha value is -0.600. The van der Waals surface area contributed by atoms with E-state index in [0.29, 0.717) is 6.42 Å². The second kappa shape index (κ2) is 5.99. The zero-order valence-electron chi connectivity index (χ0n) is 8.59. The van der Waals surface area contributed by atoms with Crippen molar-refractivity contribution in [3.8, 4) is 0 Å². The summed E-state index contributed by atoms with van der Waals surface area (Å²) < 4.78 is 12.1. The quantitative estimate of drug-likeness (QED) is 0.828. The molecule has 3 heteroatoms. The van der Waals surface area contributed by atoms with Gasteiger partial charge >= 0.3 is 0 Å². The highest BCUT2D eigenvalue weighted by Crippen LogP contribution is 2.20.